The monoisotopic (exact) mass is 898 g/mol. The summed E-state index contributed by atoms with van der Waals surface area (Å²) in [4.78, 5) is 47.7. The zero-order valence-corrected chi connectivity index (χ0v) is 33.9. The molecule has 0 bridgehead atoms. The van der Waals surface area contributed by atoms with Crippen LogP contribution in [0.4, 0.5) is 0 Å². The molecule has 2 aromatic heterocycles. The number of hydrogen-bond donors (Lipinski definition) is 4. The number of halogens is 2. The zero-order valence-electron chi connectivity index (χ0n) is 30.7. The lowest BCUT2D eigenvalue weighted by molar-refractivity contribution is 0.0637. The molecule has 16 nitrogen and oxygen atoms in total. The Morgan fingerprint density at radius 2 is 0.883 bits per heavy atom. The van der Waals surface area contributed by atoms with Gasteiger partial charge in [-0.25, -0.2) is 35.9 Å². The lowest BCUT2D eigenvalue weighted by Crippen LogP contribution is -2.24. The Morgan fingerprint density at radius 1 is 0.550 bits per heavy atom. The highest BCUT2D eigenvalue weighted by Crippen LogP contribution is 2.21. The Labute approximate surface area is 351 Å². The molecule has 0 radical (unpaired) electrons. The van der Waals surface area contributed by atoms with Crippen LogP contribution in [0.2, 0.25) is 10.0 Å². The second-order valence-corrected chi connectivity index (χ2v) is 16.6. The highest BCUT2D eigenvalue weighted by Gasteiger charge is 2.23. The number of benzene rings is 4. The molecule has 0 aliphatic rings. The molecule has 60 heavy (non-hydrogen) atoms. The van der Waals surface area contributed by atoms with Crippen LogP contribution in [0.1, 0.15) is 43.8 Å². The summed E-state index contributed by atoms with van der Waals surface area (Å²) in [5, 5.41) is 19.5. The van der Waals surface area contributed by atoms with Crippen molar-refractivity contribution < 1.29 is 54.9 Å². The van der Waals surface area contributed by atoms with E-state index in [0.717, 1.165) is 23.3 Å². The maximum Gasteiger partial charge on any atom is 0.375 e. The van der Waals surface area contributed by atoms with E-state index < -0.39 is 79.0 Å². The van der Waals surface area contributed by atoms with Crippen LogP contribution in [0.15, 0.2) is 150 Å². The molecular formula is C40H32Cl2N2O14S2. The second-order valence-electron chi connectivity index (χ2n) is 12.2. The maximum atomic E-state index is 12.4. The topological polar surface area (TPSA) is 246 Å². The molecule has 6 rings (SSSR count). The summed E-state index contributed by atoms with van der Waals surface area (Å²) in [5.41, 5.74) is -0.0216. The van der Waals surface area contributed by atoms with Crippen LogP contribution < -0.4 is 29.8 Å². The normalized spacial score (nSPS) is 11.2. The quantitative estimate of drug-likeness (QED) is 0.0858. The molecule has 0 saturated heterocycles. The molecule has 0 saturated carbocycles. The first kappa shape index (κ1) is 44.8. The summed E-state index contributed by atoms with van der Waals surface area (Å²) >= 11 is 11.5. The van der Waals surface area contributed by atoms with Crippen molar-refractivity contribution in [2.75, 3.05) is 0 Å². The van der Waals surface area contributed by atoms with Crippen LogP contribution in [0, 0.1) is 0 Å². The minimum Gasteiger partial charge on any atom is -0.481 e. The molecule has 4 N–H and O–H groups in total. The highest BCUT2D eigenvalue weighted by molar-refractivity contribution is 7.89. The summed E-state index contributed by atoms with van der Waals surface area (Å²) in [6.07, 6.45) is 0. The van der Waals surface area contributed by atoms with Crippen molar-refractivity contribution in [2.24, 2.45) is 0 Å². The smallest absolute Gasteiger partial charge is 0.375 e. The Kier molecular flexibility index (Phi) is 15.0. The van der Waals surface area contributed by atoms with Gasteiger partial charge in [0, 0.05) is 22.2 Å². The first-order valence-corrected chi connectivity index (χ1v) is 20.9. The lowest BCUT2D eigenvalue weighted by Gasteiger charge is -2.10. The number of aromatic carboxylic acids is 2. The highest BCUT2D eigenvalue weighted by atomic mass is 35.5. The van der Waals surface area contributed by atoms with E-state index >= 15 is 0 Å². The third-order valence-corrected chi connectivity index (χ3v) is 11.2. The van der Waals surface area contributed by atoms with E-state index in [9.17, 15) is 46.2 Å². The molecule has 0 aliphatic heterocycles. The van der Waals surface area contributed by atoms with E-state index in [2.05, 4.69) is 9.44 Å². The van der Waals surface area contributed by atoms with E-state index in [4.69, 9.17) is 41.5 Å². The first-order valence-electron chi connectivity index (χ1n) is 17.2. The molecule has 6 aromatic rings. The number of carbonyl (C=O) groups is 2. The number of carboxylic acids is 2. The van der Waals surface area contributed by atoms with Crippen LogP contribution in [0.5, 0.6) is 11.5 Å². The van der Waals surface area contributed by atoms with Gasteiger partial charge >= 0.3 is 11.9 Å². The average Bonchev–Trinajstić information content (AvgIpc) is 3.22. The molecule has 0 atom stereocenters. The molecule has 312 valence electrons. The van der Waals surface area contributed by atoms with Gasteiger partial charge < -0.3 is 28.5 Å². The Hall–Kier alpha value is -6.28. The molecular weight excluding hydrogens is 867 g/mol. The molecule has 0 fully saturated rings. The fourth-order valence-electron chi connectivity index (χ4n) is 4.98. The lowest BCUT2D eigenvalue weighted by atomic mass is 10.2. The Bertz CT molecular complexity index is 2610. The molecule has 2 heterocycles. The van der Waals surface area contributed by atoms with E-state index in [0.29, 0.717) is 10.0 Å². The maximum absolute atomic E-state index is 12.4. The fraction of sp³-hybridized carbons (Fsp3) is 0.100. The van der Waals surface area contributed by atoms with Crippen molar-refractivity contribution in [2.45, 2.75) is 36.1 Å². The number of carboxylic acid groups (broad SMARTS) is 2. The van der Waals surface area contributed by atoms with E-state index in [1.54, 1.807) is 60.7 Å². The Balaban J connectivity index is 0.000000228. The summed E-state index contributed by atoms with van der Waals surface area (Å²) in [5.74, 6) is -5.73. The third kappa shape index (κ3) is 12.4. The predicted molar refractivity (Wildman–Crippen MR) is 216 cm³/mol. The van der Waals surface area contributed by atoms with Gasteiger partial charge in [0.05, 0.1) is 22.9 Å². The predicted octanol–water partition coefficient (Wildman–Crippen LogP) is 6.10. The standard InChI is InChI=1S/2C20H16ClNO7S/c2*21-14-6-8-16(9-7-14)30(26,27)22-11-15-10-17(23)18(19(29-15)20(24)25)28-12-13-4-2-1-3-5-13/h2*1-10,22H,11-12H2,(H,24,25). The van der Waals surface area contributed by atoms with E-state index in [1.807, 2.05) is 0 Å². The average molecular weight is 900 g/mol. The van der Waals surface area contributed by atoms with Crippen molar-refractivity contribution in [3.8, 4) is 11.5 Å². The minimum atomic E-state index is -3.93. The van der Waals surface area contributed by atoms with Gasteiger partial charge in [0.1, 0.15) is 24.7 Å². The molecule has 0 unspecified atom stereocenters. The zero-order chi connectivity index (χ0) is 43.5. The van der Waals surface area contributed by atoms with Gasteiger partial charge in [-0.15, -0.1) is 0 Å². The van der Waals surface area contributed by atoms with E-state index in [-0.39, 0.29) is 34.5 Å². The minimum absolute atomic E-state index is 0.0333. The van der Waals surface area contributed by atoms with Gasteiger partial charge in [0.25, 0.3) is 11.5 Å². The second kappa shape index (κ2) is 20.1. The van der Waals surface area contributed by atoms with Crippen LogP contribution in [-0.2, 0) is 46.3 Å². The van der Waals surface area contributed by atoms with Crippen LogP contribution in [-0.4, -0.2) is 39.0 Å². The summed E-state index contributed by atoms with van der Waals surface area (Å²) in [6, 6.07) is 30.6. The molecule has 4 aromatic carbocycles. The van der Waals surface area contributed by atoms with Gasteiger partial charge in [0.2, 0.25) is 42.4 Å². The van der Waals surface area contributed by atoms with Crippen molar-refractivity contribution in [3.05, 3.63) is 186 Å². The van der Waals surface area contributed by atoms with Crippen molar-refractivity contribution in [1.82, 2.24) is 9.44 Å². The Morgan fingerprint density at radius 3 is 1.20 bits per heavy atom. The molecule has 20 heteroatoms. The largest absolute Gasteiger partial charge is 0.481 e. The van der Waals surface area contributed by atoms with Gasteiger partial charge in [-0.05, 0) is 59.7 Å². The van der Waals surface area contributed by atoms with Crippen molar-refractivity contribution >= 4 is 55.2 Å². The number of rotatable bonds is 16. The number of sulfonamides is 2. The molecule has 0 spiro atoms. The van der Waals surface area contributed by atoms with Crippen LogP contribution in [0.3, 0.4) is 0 Å². The summed E-state index contributed by atoms with van der Waals surface area (Å²) in [7, 11) is -7.85. The number of ether oxygens (including phenoxy) is 2. The number of hydrogen-bond acceptors (Lipinski definition) is 12. The van der Waals surface area contributed by atoms with Gasteiger partial charge in [-0.1, -0.05) is 83.9 Å². The SMILES string of the molecule is O=C(O)c1oc(CNS(=O)(=O)c2ccc(Cl)cc2)cc(=O)c1OCc1ccccc1.O=C(O)c1oc(CNS(=O)(=O)c2ccc(Cl)cc2)cc(=O)c1OCc1ccccc1. The van der Waals surface area contributed by atoms with Gasteiger partial charge in [-0.3, -0.25) is 9.59 Å². The molecule has 0 aliphatic carbocycles. The summed E-state index contributed by atoms with van der Waals surface area (Å²) < 4.78 is 75.0. The first-order chi connectivity index (χ1) is 28.5. The molecule has 0 amide bonds. The summed E-state index contributed by atoms with van der Waals surface area (Å²) in [6.45, 7) is -0.929. The van der Waals surface area contributed by atoms with Gasteiger partial charge in [0.15, 0.2) is 0 Å². The number of nitrogens with one attached hydrogen (secondary N) is 2. The third-order valence-electron chi connectivity index (χ3n) is 7.87. The van der Waals surface area contributed by atoms with Crippen molar-refractivity contribution in [1.29, 1.82) is 0 Å². The fourth-order valence-corrected chi connectivity index (χ4v) is 7.21. The van der Waals surface area contributed by atoms with Crippen molar-refractivity contribution in [3.63, 3.8) is 0 Å². The van der Waals surface area contributed by atoms with Gasteiger partial charge in [-0.2, -0.15) is 0 Å². The van der Waals surface area contributed by atoms with E-state index in [1.165, 1.54) is 48.5 Å². The van der Waals surface area contributed by atoms with Crippen LogP contribution >= 0.6 is 23.2 Å². The van der Waals surface area contributed by atoms with Crippen LogP contribution in [0.25, 0.3) is 0 Å².